The molecule has 0 aliphatic heterocycles. The SMILES string of the molecule is CC(C)CC1CC(C(C)C)CC1C. The summed E-state index contributed by atoms with van der Waals surface area (Å²) in [6, 6.07) is 0. The van der Waals surface area contributed by atoms with Crippen molar-refractivity contribution < 1.29 is 0 Å². The minimum atomic E-state index is 0.887. The van der Waals surface area contributed by atoms with E-state index in [4.69, 9.17) is 0 Å². The van der Waals surface area contributed by atoms with Crippen LogP contribution in [0.2, 0.25) is 0 Å². The maximum Gasteiger partial charge on any atom is -0.0383 e. The van der Waals surface area contributed by atoms with Crippen LogP contribution >= 0.6 is 0 Å². The lowest BCUT2D eigenvalue weighted by molar-refractivity contribution is 0.334. The summed E-state index contributed by atoms with van der Waals surface area (Å²) in [5, 5.41) is 0. The second-order valence-corrected chi connectivity index (χ2v) is 5.84. The van der Waals surface area contributed by atoms with Gasteiger partial charge in [0.25, 0.3) is 0 Å². The highest BCUT2D eigenvalue weighted by Gasteiger charge is 2.32. The number of rotatable bonds is 3. The fourth-order valence-corrected chi connectivity index (χ4v) is 2.87. The van der Waals surface area contributed by atoms with E-state index in [1.54, 1.807) is 0 Å². The molecule has 0 spiro atoms. The lowest BCUT2D eigenvalue weighted by Crippen LogP contribution is -2.07. The summed E-state index contributed by atoms with van der Waals surface area (Å²) in [4.78, 5) is 0. The predicted octanol–water partition coefficient (Wildman–Crippen LogP) is 4.35. The van der Waals surface area contributed by atoms with Gasteiger partial charge < -0.3 is 0 Å². The molecule has 0 aromatic heterocycles. The van der Waals surface area contributed by atoms with E-state index in [9.17, 15) is 0 Å². The van der Waals surface area contributed by atoms with Crippen molar-refractivity contribution in [1.82, 2.24) is 0 Å². The second kappa shape index (κ2) is 4.48. The quantitative estimate of drug-likeness (QED) is 0.608. The molecule has 0 aromatic carbocycles. The molecule has 0 N–H and O–H groups in total. The minimum absolute atomic E-state index is 0.887. The van der Waals surface area contributed by atoms with Crippen molar-refractivity contribution in [1.29, 1.82) is 0 Å². The monoisotopic (exact) mass is 182 g/mol. The molecule has 1 aliphatic carbocycles. The van der Waals surface area contributed by atoms with E-state index in [1.165, 1.54) is 19.3 Å². The minimum Gasteiger partial charge on any atom is -0.0628 e. The van der Waals surface area contributed by atoms with Gasteiger partial charge in [-0.1, -0.05) is 34.6 Å². The third kappa shape index (κ3) is 3.00. The molecule has 1 saturated carbocycles. The Morgan fingerprint density at radius 3 is 2.08 bits per heavy atom. The van der Waals surface area contributed by atoms with Gasteiger partial charge in [-0.25, -0.2) is 0 Å². The van der Waals surface area contributed by atoms with Gasteiger partial charge in [-0.2, -0.15) is 0 Å². The topological polar surface area (TPSA) is 0 Å². The van der Waals surface area contributed by atoms with Gasteiger partial charge in [0.15, 0.2) is 0 Å². The molecule has 0 heterocycles. The van der Waals surface area contributed by atoms with Gasteiger partial charge in [0, 0.05) is 0 Å². The van der Waals surface area contributed by atoms with E-state index in [0.717, 1.165) is 29.6 Å². The van der Waals surface area contributed by atoms with Crippen LogP contribution in [0.15, 0.2) is 0 Å². The Hall–Kier alpha value is 0. The molecule has 0 saturated heterocycles. The summed E-state index contributed by atoms with van der Waals surface area (Å²) in [6.07, 6.45) is 4.43. The average molecular weight is 182 g/mol. The van der Waals surface area contributed by atoms with Crippen LogP contribution in [0.3, 0.4) is 0 Å². The predicted molar refractivity (Wildman–Crippen MR) is 59.7 cm³/mol. The van der Waals surface area contributed by atoms with Crippen LogP contribution in [-0.2, 0) is 0 Å². The zero-order chi connectivity index (χ0) is 10.0. The molecule has 1 fully saturated rings. The van der Waals surface area contributed by atoms with Gasteiger partial charge in [-0.15, -0.1) is 0 Å². The van der Waals surface area contributed by atoms with Crippen molar-refractivity contribution in [3.8, 4) is 0 Å². The Balaban J connectivity index is 2.42. The van der Waals surface area contributed by atoms with E-state index in [-0.39, 0.29) is 0 Å². The summed E-state index contributed by atoms with van der Waals surface area (Å²) in [5.41, 5.74) is 0. The highest BCUT2D eigenvalue weighted by atomic mass is 14.4. The second-order valence-electron chi connectivity index (χ2n) is 5.84. The first-order valence-corrected chi connectivity index (χ1v) is 6.00. The fourth-order valence-electron chi connectivity index (χ4n) is 2.87. The van der Waals surface area contributed by atoms with Gasteiger partial charge >= 0.3 is 0 Å². The van der Waals surface area contributed by atoms with Crippen molar-refractivity contribution in [3.63, 3.8) is 0 Å². The molecular formula is C13H26. The third-order valence-corrected chi connectivity index (χ3v) is 3.80. The van der Waals surface area contributed by atoms with Gasteiger partial charge in [-0.3, -0.25) is 0 Å². The van der Waals surface area contributed by atoms with E-state index in [2.05, 4.69) is 34.6 Å². The van der Waals surface area contributed by atoms with Crippen LogP contribution < -0.4 is 0 Å². The van der Waals surface area contributed by atoms with E-state index in [0.29, 0.717) is 0 Å². The fraction of sp³-hybridized carbons (Fsp3) is 1.00. The van der Waals surface area contributed by atoms with Crippen LogP contribution in [0.1, 0.15) is 53.9 Å². The molecule has 3 atom stereocenters. The Labute approximate surface area is 84.1 Å². The molecule has 13 heavy (non-hydrogen) atoms. The molecule has 0 heteroatoms. The lowest BCUT2D eigenvalue weighted by Gasteiger charge is -2.17. The molecule has 0 aromatic rings. The van der Waals surface area contributed by atoms with E-state index < -0.39 is 0 Å². The van der Waals surface area contributed by atoms with Crippen molar-refractivity contribution in [2.75, 3.05) is 0 Å². The van der Waals surface area contributed by atoms with Gasteiger partial charge in [0.2, 0.25) is 0 Å². The normalized spacial score (nSPS) is 34.8. The standard InChI is InChI=1S/C13H26/c1-9(2)6-13-8-12(10(3)4)7-11(13)5/h9-13H,6-8H2,1-5H3. The first-order chi connectivity index (χ1) is 6.00. The van der Waals surface area contributed by atoms with Crippen molar-refractivity contribution in [2.45, 2.75) is 53.9 Å². The molecule has 1 rings (SSSR count). The Morgan fingerprint density at radius 1 is 1.08 bits per heavy atom. The Morgan fingerprint density at radius 2 is 1.69 bits per heavy atom. The third-order valence-electron chi connectivity index (χ3n) is 3.80. The smallest absolute Gasteiger partial charge is 0.0383 e. The summed E-state index contributed by atoms with van der Waals surface area (Å²) in [7, 11) is 0. The lowest BCUT2D eigenvalue weighted by atomic mass is 9.89. The van der Waals surface area contributed by atoms with Crippen LogP contribution in [0, 0.1) is 29.6 Å². The summed E-state index contributed by atoms with van der Waals surface area (Å²) in [5.74, 6) is 4.80. The zero-order valence-corrected chi connectivity index (χ0v) is 10.0. The van der Waals surface area contributed by atoms with Crippen molar-refractivity contribution in [2.24, 2.45) is 29.6 Å². The summed E-state index contributed by atoms with van der Waals surface area (Å²) in [6.45, 7) is 11.9. The molecule has 3 unspecified atom stereocenters. The van der Waals surface area contributed by atoms with Crippen molar-refractivity contribution >= 4 is 0 Å². The van der Waals surface area contributed by atoms with Crippen LogP contribution in [-0.4, -0.2) is 0 Å². The molecule has 1 aliphatic rings. The first kappa shape index (κ1) is 11.1. The van der Waals surface area contributed by atoms with Crippen LogP contribution in [0.4, 0.5) is 0 Å². The zero-order valence-electron chi connectivity index (χ0n) is 10.0. The number of hydrogen-bond acceptors (Lipinski definition) is 0. The number of hydrogen-bond donors (Lipinski definition) is 0. The van der Waals surface area contributed by atoms with Crippen LogP contribution in [0.5, 0.6) is 0 Å². The van der Waals surface area contributed by atoms with E-state index in [1.807, 2.05) is 0 Å². The average Bonchev–Trinajstić information content (AvgIpc) is 2.31. The highest BCUT2D eigenvalue weighted by Crippen LogP contribution is 2.42. The molecule has 0 nitrogen and oxygen atoms in total. The summed E-state index contributed by atoms with van der Waals surface area (Å²) >= 11 is 0. The maximum atomic E-state index is 2.45. The molecular weight excluding hydrogens is 156 g/mol. The molecule has 0 bridgehead atoms. The first-order valence-electron chi connectivity index (χ1n) is 6.00. The summed E-state index contributed by atoms with van der Waals surface area (Å²) < 4.78 is 0. The maximum absolute atomic E-state index is 2.45. The van der Waals surface area contributed by atoms with Gasteiger partial charge in [0.1, 0.15) is 0 Å². The van der Waals surface area contributed by atoms with Crippen molar-refractivity contribution in [3.05, 3.63) is 0 Å². The highest BCUT2D eigenvalue weighted by molar-refractivity contribution is 4.82. The van der Waals surface area contributed by atoms with E-state index >= 15 is 0 Å². The van der Waals surface area contributed by atoms with Gasteiger partial charge in [-0.05, 0) is 48.9 Å². The molecule has 0 radical (unpaired) electrons. The largest absolute Gasteiger partial charge is 0.0628 e. The van der Waals surface area contributed by atoms with Crippen LogP contribution in [0.25, 0.3) is 0 Å². The Kier molecular flexibility index (Phi) is 3.82. The molecule has 78 valence electrons. The van der Waals surface area contributed by atoms with Gasteiger partial charge in [0.05, 0.1) is 0 Å². The Bertz CT molecular complexity index is 146. The molecule has 0 amide bonds.